The molecule has 0 fully saturated rings. The summed E-state index contributed by atoms with van der Waals surface area (Å²) in [5.74, 6) is -0.603. The number of hydrogen-bond acceptors (Lipinski definition) is 9. The lowest BCUT2D eigenvalue weighted by atomic mass is 10.2. The third-order valence-electron chi connectivity index (χ3n) is 3.79. The number of carbonyl (C=O) groups excluding carboxylic acids is 1. The number of thioether (sulfide) groups is 1. The van der Waals surface area contributed by atoms with Crippen LogP contribution in [0.5, 0.6) is 0 Å². The summed E-state index contributed by atoms with van der Waals surface area (Å²) < 4.78 is 11.5. The Kier molecular flexibility index (Phi) is 6.06. The van der Waals surface area contributed by atoms with Gasteiger partial charge in [0.25, 0.3) is 10.8 Å². The van der Waals surface area contributed by atoms with Crippen molar-refractivity contribution in [3.63, 3.8) is 0 Å². The fourth-order valence-electron chi connectivity index (χ4n) is 2.43. The van der Waals surface area contributed by atoms with E-state index in [1.54, 1.807) is 0 Å². The number of rotatable bonds is 8. The smallest absolute Gasteiger partial charge is 0.330 e. The standard InChI is InChI=1S/C17H17N5O5S/c1-26-8-7-22-13(18)12(14(24)19-16(22)25)11(23)9-28-17-21-20-15(27-17)10-5-3-2-4-6-10/h2-6H,7-9,18H2,1H3,(H,19,24,25). The van der Waals surface area contributed by atoms with Gasteiger partial charge in [0.1, 0.15) is 11.4 Å². The second kappa shape index (κ2) is 8.67. The highest BCUT2D eigenvalue weighted by Gasteiger charge is 2.20. The third kappa shape index (κ3) is 4.21. The first-order valence-corrected chi connectivity index (χ1v) is 9.16. The van der Waals surface area contributed by atoms with Gasteiger partial charge in [0.15, 0.2) is 5.78 Å². The number of methoxy groups -OCH3 is 1. The Balaban J connectivity index is 1.76. The second-order valence-corrected chi connectivity index (χ2v) is 6.54. The van der Waals surface area contributed by atoms with Crippen molar-refractivity contribution >= 4 is 23.4 Å². The van der Waals surface area contributed by atoms with Gasteiger partial charge in [-0.1, -0.05) is 30.0 Å². The monoisotopic (exact) mass is 403 g/mol. The molecule has 3 aromatic rings. The molecule has 0 aliphatic rings. The van der Waals surface area contributed by atoms with Crippen LogP contribution < -0.4 is 17.0 Å². The number of nitrogen functional groups attached to an aromatic ring is 1. The summed E-state index contributed by atoms with van der Waals surface area (Å²) in [6, 6.07) is 9.17. The summed E-state index contributed by atoms with van der Waals surface area (Å²) in [5.41, 5.74) is 4.81. The molecule has 0 aliphatic carbocycles. The molecule has 2 heterocycles. The van der Waals surface area contributed by atoms with E-state index in [2.05, 4.69) is 15.2 Å². The van der Waals surface area contributed by atoms with E-state index in [-0.39, 0.29) is 35.5 Å². The van der Waals surface area contributed by atoms with Gasteiger partial charge >= 0.3 is 5.69 Å². The van der Waals surface area contributed by atoms with E-state index in [1.165, 1.54) is 7.11 Å². The van der Waals surface area contributed by atoms with Gasteiger partial charge in [-0.05, 0) is 12.1 Å². The molecule has 10 nitrogen and oxygen atoms in total. The van der Waals surface area contributed by atoms with E-state index < -0.39 is 17.0 Å². The molecule has 0 spiro atoms. The Morgan fingerprint density at radius 2 is 2.04 bits per heavy atom. The van der Waals surface area contributed by atoms with Gasteiger partial charge in [0.05, 0.1) is 18.9 Å². The highest BCUT2D eigenvalue weighted by molar-refractivity contribution is 7.99. The first kappa shape index (κ1) is 19.6. The predicted molar refractivity (Wildman–Crippen MR) is 102 cm³/mol. The number of aromatic amines is 1. The van der Waals surface area contributed by atoms with Crippen LogP contribution in [-0.4, -0.2) is 45.0 Å². The van der Waals surface area contributed by atoms with Crippen LogP contribution >= 0.6 is 11.8 Å². The van der Waals surface area contributed by atoms with Crippen LogP contribution in [0.15, 0.2) is 49.6 Å². The van der Waals surface area contributed by atoms with Crippen molar-refractivity contribution in [3.05, 3.63) is 56.7 Å². The molecular weight excluding hydrogens is 386 g/mol. The molecule has 0 saturated heterocycles. The van der Waals surface area contributed by atoms with Crippen molar-refractivity contribution in [2.45, 2.75) is 11.8 Å². The Labute approximate surface area is 162 Å². The zero-order valence-electron chi connectivity index (χ0n) is 14.9. The molecule has 2 aromatic heterocycles. The number of ether oxygens (including phenoxy) is 1. The van der Waals surface area contributed by atoms with Crippen LogP contribution in [0.3, 0.4) is 0 Å². The number of nitrogens with two attached hydrogens (primary N) is 1. The quantitative estimate of drug-likeness (QED) is 0.411. The van der Waals surface area contributed by atoms with Gasteiger partial charge in [-0.2, -0.15) is 0 Å². The van der Waals surface area contributed by atoms with E-state index in [0.29, 0.717) is 5.89 Å². The average Bonchev–Trinajstić information content (AvgIpc) is 3.16. The predicted octanol–water partition coefficient (Wildman–Crippen LogP) is 0.790. The summed E-state index contributed by atoms with van der Waals surface area (Å²) in [7, 11) is 1.46. The number of carbonyl (C=O) groups is 1. The zero-order chi connectivity index (χ0) is 20.1. The highest BCUT2D eigenvalue weighted by Crippen LogP contribution is 2.23. The maximum atomic E-state index is 12.5. The number of benzene rings is 1. The number of anilines is 1. The summed E-state index contributed by atoms with van der Waals surface area (Å²) in [6.45, 7) is 0.304. The Hall–Kier alpha value is -3.18. The van der Waals surface area contributed by atoms with Crippen molar-refractivity contribution in [2.75, 3.05) is 25.2 Å². The first-order chi connectivity index (χ1) is 13.5. The largest absolute Gasteiger partial charge is 0.411 e. The van der Waals surface area contributed by atoms with Crippen molar-refractivity contribution in [3.8, 4) is 11.5 Å². The van der Waals surface area contributed by atoms with Gasteiger partial charge in [0.2, 0.25) is 5.89 Å². The summed E-state index contributed by atoms with van der Waals surface area (Å²) in [5, 5.41) is 7.99. The molecule has 3 rings (SSSR count). The van der Waals surface area contributed by atoms with Crippen molar-refractivity contribution < 1.29 is 13.9 Å². The molecule has 28 heavy (non-hydrogen) atoms. The van der Waals surface area contributed by atoms with Crippen LogP contribution in [-0.2, 0) is 11.3 Å². The van der Waals surface area contributed by atoms with E-state index in [0.717, 1.165) is 21.9 Å². The number of hydrogen-bond donors (Lipinski definition) is 2. The maximum Gasteiger partial charge on any atom is 0.330 e. The van der Waals surface area contributed by atoms with E-state index in [1.807, 2.05) is 30.3 Å². The fraction of sp³-hybridized carbons (Fsp3) is 0.235. The van der Waals surface area contributed by atoms with Crippen LogP contribution in [0.2, 0.25) is 0 Å². The van der Waals surface area contributed by atoms with Gasteiger partial charge in [-0.3, -0.25) is 19.1 Å². The zero-order valence-corrected chi connectivity index (χ0v) is 15.7. The molecular formula is C17H17N5O5S. The Morgan fingerprint density at radius 1 is 1.29 bits per heavy atom. The van der Waals surface area contributed by atoms with E-state index in [4.69, 9.17) is 14.9 Å². The Morgan fingerprint density at radius 3 is 2.75 bits per heavy atom. The van der Waals surface area contributed by atoms with Gasteiger partial charge in [-0.15, -0.1) is 10.2 Å². The molecule has 3 N–H and O–H groups in total. The molecule has 0 amide bonds. The minimum Gasteiger partial charge on any atom is -0.411 e. The summed E-state index contributed by atoms with van der Waals surface area (Å²) in [6.07, 6.45) is 0. The normalized spacial score (nSPS) is 10.9. The second-order valence-electron chi connectivity index (χ2n) is 5.61. The van der Waals surface area contributed by atoms with Gasteiger partial charge in [-0.25, -0.2) is 4.79 Å². The molecule has 0 atom stereocenters. The SMILES string of the molecule is COCCn1c(N)c(C(=O)CSc2nnc(-c3ccccc3)o2)c(=O)[nH]c1=O. The fourth-order valence-corrected chi connectivity index (χ4v) is 3.06. The summed E-state index contributed by atoms with van der Waals surface area (Å²) in [4.78, 5) is 38.6. The van der Waals surface area contributed by atoms with Crippen molar-refractivity contribution in [2.24, 2.45) is 0 Å². The Bertz CT molecular complexity index is 1090. The lowest BCUT2D eigenvalue weighted by molar-refractivity contribution is 0.102. The third-order valence-corrected chi connectivity index (χ3v) is 4.61. The number of nitrogens with zero attached hydrogens (tertiary/aromatic N) is 3. The molecule has 11 heteroatoms. The number of H-pyrrole nitrogens is 1. The van der Waals surface area contributed by atoms with Gasteiger partial charge in [0, 0.05) is 12.7 Å². The highest BCUT2D eigenvalue weighted by atomic mass is 32.2. The topological polar surface area (TPSA) is 146 Å². The molecule has 0 radical (unpaired) electrons. The van der Waals surface area contributed by atoms with E-state index in [9.17, 15) is 14.4 Å². The molecule has 0 aliphatic heterocycles. The number of Topliss-reactive ketones (excluding diaryl/α,β-unsaturated/α-hetero) is 1. The van der Waals surface area contributed by atoms with Crippen LogP contribution in [0.25, 0.3) is 11.5 Å². The number of nitrogens with one attached hydrogen (secondary N) is 1. The molecule has 0 saturated carbocycles. The molecule has 0 unspecified atom stereocenters. The number of aromatic nitrogens is 4. The lowest BCUT2D eigenvalue weighted by Gasteiger charge is -2.11. The lowest BCUT2D eigenvalue weighted by Crippen LogP contribution is -2.37. The van der Waals surface area contributed by atoms with Crippen LogP contribution in [0.1, 0.15) is 10.4 Å². The molecule has 0 bridgehead atoms. The minimum atomic E-state index is -0.836. The number of ketones is 1. The average molecular weight is 403 g/mol. The van der Waals surface area contributed by atoms with Crippen molar-refractivity contribution in [1.82, 2.24) is 19.7 Å². The van der Waals surface area contributed by atoms with Crippen LogP contribution in [0, 0.1) is 0 Å². The van der Waals surface area contributed by atoms with Crippen molar-refractivity contribution in [1.29, 1.82) is 0 Å². The first-order valence-electron chi connectivity index (χ1n) is 8.17. The van der Waals surface area contributed by atoms with Crippen LogP contribution in [0.4, 0.5) is 5.82 Å². The summed E-state index contributed by atoms with van der Waals surface area (Å²) >= 11 is 0.974. The minimum absolute atomic E-state index is 0.107. The maximum absolute atomic E-state index is 12.5. The molecule has 146 valence electrons. The molecule has 1 aromatic carbocycles. The van der Waals surface area contributed by atoms with Gasteiger partial charge < -0.3 is 14.9 Å². The van der Waals surface area contributed by atoms with E-state index >= 15 is 0 Å².